The molecule has 2 heterocycles. The van der Waals surface area contributed by atoms with Gasteiger partial charge >= 0.3 is 5.97 Å². The fraction of sp³-hybridized carbons (Fsp3) is 0.444. The van der Waals surface area contributed by atoms with Crippen LogP contribution >= 0.6 is 0 Å². The number of aliphatic carboxylic acids is 1. The summed E-state index contributed by atoms with van der Waals surface area (Å²) >= 11 is 0. The van der Waals surface area contributed by atoms with Crippen molar-refractivity contribution < 1.29 is 14.7 Å². The van der Waals surface area contributed by atoms with Gasteiger partial charge in [-0.3, -0.25) is 9.59 Å². The Morgan fingerprint density at radius 2 is 2.04 bits per heavy atom. The molecule has 122 valence electrons. The molecule has 1 aliphatic rings. The average molecular weight is 314 g/mol. The number of nitrogens with zero attached hydrogens (tertiary/aromatic N) is 2. The summed E-state index contributed by atoms with van der Waals surface area (Å²) in [5, 5.41) is 10.4. The molecule has 1 aromatic carbocycles. The molecule has 2 aromatic rings. The Morgan fingerprint density at radius 1 is 1.30 bits per heavy atom. The number of carbonyl (C=O) groups is 2. The highest BCUT2D eigenvalue weighted by molar-refractivity contribution is 5.90. The van der Waals surface area contributed by atoms with Gasteiger partial charge in [0.2, 0.25) is 5.91 Å². The van der Waals surface area contributed by atoms with Crippen LogP contribution in [-0.2, 0) is 22.6 Å². The average Bonchev–Trinajstić information content (AvgIpc) is 3.10. The van der Waals surface area contributed by atoms with Gasteiger partial charge in [0.05, 0.1) is 11.8 Å². The summed E-state index contributed by atoms with van der Waals surface area (Å²) < 4.78 is 2.14. The zero-order valence-electron chi connectivity index (χ0n) is 13.6. The number of rotatable bonds is 4. The van der Waals surface area contributed by atoms with Gasteiger partial charge in [-0.15, -0.1) is 0 Å². The van der Waals surface area contributed by atoms with E-state index in [2.05, 4.69) is 17.6 Å². The van der Waals surface area contributed by atoms with Crippen LogP contribution in [-0.4, -0.2) is 39.5 Å². The van der Waals surface area contributed by atoms with Crippen molar-refractivity contribution in [2.45, 2.75) is 33.2 Å². The van der Waals surface area contributed by atoms with E-state index in [0.29, 0.717) is 25.9 Å². The summed E-state index contributed by atoms with van der Waals surface area (Å²) in [5.41, 5.74) is 1.33. The summed E-state index contributed by atoms with van der Waals surface area (Å²) in [5.74, 6) is -0.815. The van der Waals surface area contributed by atoms with Crippen molar-refractivity contribution in [3.05, 3.63) is 36.0 Å². The molecule has 1 aliphatic heterocycles. The molecule has 0 unspecified atom stereocenters. The fourth-order valence-electron chi connectivity index (χ4n) is 3.35. The Labute approximate surface area is 135 Å². The largest absolute Gasteiger partial charge is 0.481 e. The third kappa shape index (κ3) is 2.71. The molecule has 1 fully saturated rings. The smallest absolute Gasteiger partial charge is 0.311 e. The maximum Gasteiger partial charge on any atom is 0.311 e. The number of hydrogen-bond donors (Lipinski definition) is 1. The molecular formula is C18H22N2O3. The lowest BCUT2D eigenvalue weighted by molar-refractivity contribution is -0.147. The summed E-state index contributed by atoms with van der Waals surface area (Å²) in [6.45, 7) is 5.47. The Morgan fingerprint density at radius 3 is 2.70 bits per heavy atom. The Hall–Kier alpha value is -2.30. The van der Waals surface area contributed by atoms with Gasteiger partial charge in [0, 0.05) is 36.7 Å². The van der Waals surface area contributed by atoms with E-state index < -0.39 is 11.4 Å². The highest BCUT2D eigenvalue weighted by Crippen LogP contribution is 2.31. The molecule has 1 atom stereocenters. The number of para-hydroxylation sites is 1. The molecule has 23 heavy (non-hydrogen) atoms. The van der Waals surface area contributed by atoms with Crippen LogP contribution < -0.4 is 0 Å². The standard InChI is InChI=1S/C18H22N2O3/c1-3-19-11-13(14-6-4-5-7-15(14)19)10-16(21)20-9-8-18(2,12-20)17(22)23/h4-7,11H,3,8-10,12H2,1-2H3,(H,22,23)/t18-/m1/s1. The molecule has 3 rings (SSSR count). The second-order valence-electron chi connectivity index (χ2n) is 6.57. The summed E-state index contributed by atoms with van der Waals surface area (Å²) in [6, 6.07) is 8.08. The van der Waals surface area contributed by atoms with Crippen molar-refractivity contribution in [3.8, 4) is 0 Å². The lowest BCUT2D eigenvalue weighted by atomic mass is 9.90. The van der Waals surface area contributed by atoms with Crippen LogP contribution in [0.15, 0.2) is 30.5 Å². The number of aromatic nitrogens is 1. The topological polar surface area (TPSA) is 62.5 Å². The third-order valence-electron chi connectivity index (χ3n) is 4.90. The number of likely N-dealkylation sites (tertiary alicyclic amines) is 1. The van der Waals surface area contributed by atoms with Crippen molar-refractivity contribution in [1.29, 1.82) is 0 Å². The zero-order chi connectivity index (χ0) is 16.6. The van der Waals surface area contributed by atoms with Crippen LogP contribution in [0.3, 0.4) is 0 Å². The van der Waals surface area contributed by atoms with Crippen LogP contribution in [0.4, 0.5) is 0 Å². The zero-order valence-corrected chi connectivity index (χ0v) is 13.6. The van der Waals surface area contributed by atoms with Gasteiger partial charge in [-0.25, -0.2) is 0 Å². The molecule has 1 N–H and O–H groups in total. The molecule has 5 heteroatoms. The minimum Gasteiger partial charge on any atom is -0.481 e. The van der Waals surface area contributed by atoms with Gasteiger partial charge in [-0.1, -0.05) is 18.2 Å². The van der Waals surface area contributed by atoms with Crippen LogP contribution in [0.1, 0.15) is 25.8 Å². The molecule has 0 spiro atoms. The first-order valence-electron chi connectivity index (χ1n) is 8.02. The lowest BCUT2D eigenvalue weighted by Gasteiger charge is -2.20. The van der Waals surface area contributed by atoms with Crippen molar-refractivity contribution in [2.75, 3.05) is 13.1 Å². The van der Waals surface area contributed by atoms with E-state index in [9.17, 15) is 14.7 Å². The molecule has 1 saturated heterocycles. The number of benzene rings is 1. The van der Waals surface area contributed by atoms with Gasteiger partial charge in [-0.05, 0) is 31.9 Å². The Bertz CT molecular complexity index is 765. The van der Waals surface area contributed by atoms with Crippen molar-refractivity contribution in [3.63, 3.8) is 0 Å². The molecule has 0 saturated carbocycles. The van der Waals surface area contributed by atoms with Gasteiger partial charge in [-0.2, -0.15) is 0 Å². The highest BCUT2D eigenvalue weighted by Gasteiger charge is 2.42. The van der Waals surface area contributed by atoms with Crippen molar-refractivity contribution in [2.24, 2.45) is 5.41 Å². The molecule has 1 amide bonds. The van der Waals surface area contributed by atoms with E-state index in [0.717, 1.165) is 23.0 Å². The maximum atomic E-state index is 12.6. The van der Waals surface area contributed by atoms with E-state index in [1.165, 1.54) is 0 Å². The highest BCUT2D eigenvalue weighted by atomic mass is 16.4. The summed E-state index contributed by atoms with van der Waals surface area (Å²) in [4.78, 5) is 25.6. The third-order valence-corrected chi connectivity index (χ3v) is 4.90. The molecule has 0 bridgehead atoms. The van der Waals surface area contributed by atoms with E-state index in [-0.39, 0.29) is 5.91 Å². The first kappa shape index (κ1) is 15.6. The predicted octanol–water partition coefficient (Wildman–Crippen LogP) is 2.53. The number of carboxylic acids is 1. The maximum absolute atomic E-state index is 12.6. The molecular weight excluding hydrogens is 292 g/mol. The molecule has 0 aliphatic carbocycles. The molecule has 5 nitrogen and oxygen atoms in total. The van der Waals surface area contributed by atoms with Crippen molar-refractivity contribution in [1.82, 2.24) is 9.47 Å². The normalized spacial score (nSPS) is 21.0. The molecule has 1 aromatic heterocycles. The number of amides is 1. The Kier molecular flexibility index (Phi) is 3.88. The van der Waals surface area contributed by atoms with Gasteiger partial charge < -0.3 is 14.6 Å². The lowest BCUT2D eigenvalue weighted by Crippen LogP contribution is -2.35. The van der Waals surface area contributed by atoms with Crippen molar-refractivity contribution >= 4 is 22.8 Å². The van der Waals surface area contributed by atoms with E-state index in [1.54, 1.807) is 11.8 Å². The first-order valence-corrected chi connectivity index (χ1v) is 8.02. The summed E-state index contributed by atoms with van der Waals surface area (Å²) in [7, 11) is 0. The second-order valence-corrected chi connectivity index (χ2v) is 6.57. The number of hydrogen-bond acceptors (Lipinski definition) is 2. The van der Waals surface area contributed by atoms with Gasteiger partial charge in [0.15, 0.2) is 0 Å². The van der Waals surface area contributed by atoms with E-state index in [4.69, 9.17) is 0 Å². The van der Waals surface area contributed by atoms with Gasteiger partial charge in [0.25, 0.3) is 0 Å². The van der Waals surface area contributed by atoms with Crippen LogP contribution in [0.25, 0.3) is 10.9 Å². The number of carbonyl (C=O) groups excluding carboxylic acids is 1. The minimum atomic E-state index is -0.824. The SMILES string of the molecule is CCn1cc(CC(=O)N2CC[C@@](C)(C(=O)O)C2)c2ccccc21. The quantitative estimate of drug-likeness (QED) is 0.943. The van der Waals surface area contributed by atoms with E-state index in [1.807, 2.05) is 24.4 Å². The number of fused-ring (bicyclic) bond motifs is 1. The van der Waals surface area contributed by atoms with Gasteiger partial charge in [0.1, 0.15) is 0 Å². The monoisotopic (exact) mass is 314 g/mol. The fourth-order valence-corrected chi connectivity index (χ4v) is 3.35. The Balaban J connectivity index is 1.80. The second kappa shape index (κ2) is 5.72. The number of aryl methyl sites for hydroxylation is 1. The summed E-state index contributed by atoms with van der Waals surface area (Å²) in [6.07, 6.45) is 2.88. The predicted molar refractivity (Wildman–Crippen MR) is 88.3 cm³/mol. The van der Waals surface area contributed by atoms with E-state index >= 15 is 0 Å². The van der Waals surface area contributed by atoms with Crippen LogP contribution in [0, 0.1) is 5.41 Å². The van der Waals surface area contributed by atoms with Crippen LogP contribution in [0.2, 0.25) is 0 Å². The number of carboxylic acid groups (broad SMARTS) is 1. The molecule has 0 radical (unpaired) electrons. The minimum absolute atomic E-state index is 0.00832. The first-order chi connectivity index (χ1) is 10.9. The van der Waals surface area contributed by atoms with Crippen LogP contribution in [0.5, 0.6) is 0 Å².